The molecule has 6 nitrogen and oxygen atoms in total. The largest absolute Gasteiger partial charge is 0.383 e. The molecular formula is C14H18BrClN4O2. The maximum Gasteiger partial charge on any atom is 0.244 e. The fourth-order valence-electron chi connectivity index (χ4n) is 1.87. The second-order valence-corrected chi connectivity index (χ2v) is 5.53. The Hall–Kier alpha value is -1.41. The standard InChI is InChI=1S/C14H17BrN4O2.ClH/c1-9-6-13(17-14(20)12(16)8-21-2)19(18-9)11-5-3-4-10(15)7-11;/h3-7,12H,8,16H2,1-2H3,(H,17,20);1H. The molecule has 1 heterocycles. The molecule has 1 atom stereocenters. The maximum atomic E-state index is 12.0. The first-order chi connectivity index (χ1) is 10.0. The van der Waals surface area contributed by atoms with Crippen LogP contribution in [0.3, 0.4) is 0 Å². The summed E-state index contributed by atoms with van der Waals surface area (Å²) in [5, 5.41) is 7.16. The van der Waals surface area contributed by atoms with Gasteiger partial charge < -0.3 is 15.8 Å². The highest BCUT2D eigenvalue weighted by Crippen LogP contribution is 2.20. The number of aromatic nitrogens is 2. The minimum Gasteiger partial charge on any atom is -0.383 e. The highest BCUT2D eigenvalue weighted by molar-refractivity contribution is 9.10. The van der Waals surface area contributed by atoms with Crippen molar-refractivity contribution in [3.05, 3.63) is 40.5 Å². The minimum absolute atomic E-state index is 0. The second-order valence-electron chi connectivity index (χ2n) is 4.61. The van der Waals surface area contributed by atoms with E-state index in [1.165, 1.54) is 7.11 Å². The lowest BCUT2D eigenvalue weighted by molar-refractivity contribution is -0.118. The highest BCUT2D eigenvalue weighted by atomic mass is 79.9. The molecule has 2 rings (SSSR count). The summed E-state index contributed by atoms with van der Waals surface area (Å²) in [6.45, 7) is 2.02. The minimum atomic E-state index is -0.721. The fraction of sp³-hybridized carbons (Fsp3) is 0.286. The van der Waals surface area contributed by atoms with E-state index in [0.717, 1.165) is 15.9 Å². The summed E-state index contributed by atoms with van der Waals surface area (Å²) in [6, 6.07) is 8.71. The van der Waals surface area contributed by atoms with Gasteiger partial charge in [-0.15, -0.1) is 12.4 Å². The van der Waals surface area contributed by atoms with E-state index < -0.39 is 6.04 Å². The number of rotatable bonds is 5. The molecule has 120 valence electrons. The Labute approximate surface area is 143 Å². The number of hydrogen-bond acceptors (Lipinski definition) is 4. The Morgan fingerprint density at radius 1 is 1.50 bits per heavy atom. The molecule has 0 saturated heterocycles. The van der Waals surface area contributed by atoms with Crippen LogP contribution in [0.5, 0.6) is 0 Å². The first kappa shape index (κ1) is 18.6. The Morgan fingerprint density at radius 3 is 2.86 bits per heavy atom. The molecule has 0 bridgehead atoms. The zero-order valence-electron chi connectivity index (χ0n) is 12.2. The van der Waals surface area contributed by atoms with Crippen LogP contribution in [0.4, 0.5) is 5.82 Å². The van der Waals surface area contributed by atoms with E-state index in [9.17, 15) is 4.79 Å². The van der Waals surface area contributed by atoms with Gasteiger partial charge in [0.25, 0.3) is 0 Å². The number of hydrogen-bond donors (Lipinski definition) is 2. The van der Waals surface area contributed by atoms with Gasteiger partial charge in [0.2, 0.25) is 5.91 Å². The molecular weight excluding hydrogens is 372 g/mol. The molecule has 0 spiro atoms. The van der Waals surface area contributed by atoms with Gasteiger partial charge in [0.05, 0.1) is 18.0 Å². The van der Waals surface area contributed by atoms with Crippen molar-refractivity contribution in [2.24, 2.45) is 5.73 Å². The third-order valence-corrected chi connectivity index (χ3v) is 3.31. The number of nitrogens with zero attached hydrogens (tertiary/aromatic N) is 2. The van der Waals surface area contributed by atoms with Crippen molar-refractivity contribution in [2.45, 2.75) is 13.0 Å². The lowest BCUT2D eigenvalue weighted by Gasteiger charge is -2.12. The first-order valence-corrected chi connectivity index (χ1v) is 7.18. The van der Waals surface area contributed by atoms with E-state index in [-0.39, 0.29) is 24.9 Å². The summed E-state index contributed by atoms with van der Waals surface area (Å²) in [4.78, 5) is 12.0. The number of aryl methyl sites for hydroxylation is 1. The molecule has 2 aromatic rings. The van der Waals surface area contributed by atoms with E-state index in [0.29, 0.717) is 5.82 Å². The van der Waals surface area contributed by atoms with Crippen LogP contribution in [0.1, 0.15) is 5.69 Å². The van der Waals surface area contributed by atoms with Crippen LogP contribution < -0.4 is 11.1 Å². The molecule has 3 N–H and O–H groups in total. The summed E-state index contributed by atoms with van der Waals surface area (Å²) in [6.07, 6.45) is 0. The van der Waals surface area contributed by atoms with Crippen molar-refractivity contribution < 1.29 is 9.53 Å². The molecule has 0 aliphatic rings. The Morgan fingerprint density at radius 2 is 2.23 bits per heavy atom. The number of halogens is 2. The lowest BCUT2D eigenvalue weighted by Crippen LogP contribution is -2.39. The quantitative estimate of drug-likeness (QED) is 0.822. The van der Waals surface area contributed by atoms with Gasteiger partial charge >= 0.3 is 0 Å². The number of anilines is 1. The SMILES string of the molecule is COCC(N)C(=O)Nc1cc(C)nn1-c1cccc(Br)c1.Cl. The molecule has 8 heteroatoms. The summed E-state index contributed by atoms with van der Waals surface area (Å²) in [5.74, 6) is 0.259. The first-order valence-electron chi connectivity index (χ1n) is 6.39. The van der Waals surface area contributed by atoms with Gasteiger partial charge in [0.15, 0.2) is 0 Å². The molecule has 1 amide bonds. The van der Waals surface area contributed by atoms with Crippen molar-refractivity contribution in [1.29, 1.82) is 0 Å². The van der Waals surface area contributed by atoms with Crippen molar-refractivity contribution in [3.63, 3.8) is 0 Å². The number of amides is 1. The number of nitrogens with two attached hydrogens (primary N) is 1. The van der Waals surface area contributed by atoms with Crippen LogP contribution in [0.25, 0.3) is 5.69 Å². The molecule has 0 saturated carbocycles. The zero-order chi connectivity index (χ0) is 15.4. The van der Waals surface area contributed by atoms with Gasteiger partial charge in [-0.25, -0.2) is 4.68 Å². The van der Waals surface area contributed by atoms with Crippen LogP contribution in [-0.2, 0) is 9.53 Å². The molecule has 22 heavy (non-hydrogen) atoms. The molecule has 1 aromatic heterocycles. The van der Waals surface area contributed by atoms with Gasteiger partial charge in [0, 0.05) is 17.6 Å². The van der Waals surface area contributed by atoms with Gasteiger partial charge in [-0.1, -0.05) is 22.0 Å². The molecule has 1 unspecified atom stereocenters. The van der Waals surface area contributed by atoms with Crippen LogP contribution >= 0.6 is 28.3 Å². The normalized spacial score (nSPS) is 11.6. The number of carbonyl (C=O) groups excluding carboxylic acids is 1. The van der Waals surface area contributed by atoms with E-state index in [1.54, 1.807) is 10.7 Å². The van der Waals surface area contributed by atoms with Crippen LogP contribution in [-0.4, -0.2) is 35.4 Å². The van der Waals surface area contributed by atoms with Crippen LogP contribution in [0.2, 0.25) is 0 Å². The summed E-state index contributed by atoms with van der Waals surface area (Å²) in [5.41, 5.74) is 7.36. The van der Waals surface area contributed by atoms with E-state index in [2.05, 4.69) is 26.3 Å². The third kappa shape index (κ3) is 4.54. The van der Waals surface area contributed by atoms with Gasteiger partial charge in [-0.05, 0) is 25.1 Å². The van der Waals surface area contributed by atoms with E-state index >= 15 is 0 Å². The monoisotopic (exact) mass is 388 g/mol. The van der Waals surface area contributed by atoms with Crippen LogP contribution in [0.15, 0.2) is 34.8 Å². The summed E-state index contributed by atoms with van der Waals surface area (Å²) >= 11 is 3.42. The average Bonchev–Trinajstić information content (AvgIpc) is 2.80. The third-order valence-electron chi connectivity index (χ3n) is 2.82. The van der Waals surface area contributed by atoms with Gasteiger partial charge in [0.1, 0.15) is 11.9 Å². The summed E-state index contributed by atoms with van der Waals surface area (Å²) in [7, 11) is 1.50. The predicted molar refractivity (Wildman–Crippen MR) is 91.7 cm³/mol. The fourth-order valence-corrected chi connectivity index (χ4v) is 2.25. The average molecular weight is 390 g/mol. The molecule has 0 radical (unpaired) electrons. The van der Waals surface area contributed by atoms with E-state index in [1.807, 2.05) is 31.2 Å². The molecule has 0 aliphatic heterocycles. The topological polar surface area (TPSA) is 82.2 Å². The predicted octanol–water partition coefficient (Wildman–Crippen LogP) is 2.28. The van der Waals surface area contributed by atoms with Crippen molar-refractivity contribution in [1.82, 2.24) is 9.78 Å². The Balaban J connectivity index is 0.00000242. The van der Waals surface area contributed by atoms with Crippen molar-refractivity contribution in [3.8, 4) is 5.69 Å². The van der Waals surface area contributed by atoms with Crippen LogP contribution in [0, 0.1) is 6.92 Å². The number of methoxy groups -OCH3 is 1. The molecule has 1 aromatic carbocycles. The van der Waals surface area contributed by atoms with Crippen molar-refractivity contribution >= 4 is 40.1 Å². The lowest BCUT2D eigenvalue weighted by atomic mass is 10.3. The summed E-state index contributed by atoms with van der Waals surface area (Å²) < 4.78 is 7.48. The molecule has 0 aliphatic carbocycles. The maximum absolute atomic E-state index is 12.0. The zero-order valence-corrected chi connectivity index (χ0v) is 14.6. The van der Waals surface area contributed by atoms with Gasteiger partial charge in [-0.3, -0.25) is 4.79 Å². The molecule has 0 fully saturated rings. The van der Waals surface area contributed by atoms with Crippen molar-refractivity contribution in [2.75, 3.05) is 19.0 Å². The van der Waals surface area contributed by atoms with E-state index in [4.69, 9.17) is 10.5 Å². The number of carbonyl (C=O) groups is 1. The number of ether oxygens (including phenoxy) is 1. The Kier molecular flexibility index (Phi) is 7.02. The number of nitrogens with one attached hydrogen (secondary N) is 1. The highest BCUT2D eigenvalue weighted by Gasteiger charge is 2.16. The van der Waals surface area contributed by atoms with Gasteiger partial charge in [-0.2, -0.15) is 5.10 Å². The smallest absolute Gasteiger partial charge is 0.244 e. The number of benzene rings is 1. The Bertz CT molecular complexity index is 648. The second kappa shape index (κ2) is 8.28.